The molecule has 4 heteroatoms. The zero-order valence-electron chi connectivity index (χ0n) is 8.70. The maximum atomic E-state index is 6.29. The van der Waals surface area contributed by atoms with E-state index in [1.807, 2.05) is 6.07 Å². The molecule has 0 spiro atoms. The molecule has 0 saturated heterocycles. The number of hydrogen-bond donors (Lipinski definition) is 2. The molecular formula is C11H14N4. The first-order valence-electron chi connectivity index (χ1n) is 5.27. The van der Waals surface area contributed by atoms with E-state index in [1.165, 1.54) is 12.8 Å². The van der Waals surface area contributed by atoms with Crippen molar-refractivity contribution < 1.29 is 0 Å². The number of nitrogens with two attached hydrogens (primary N) is 1. The first-order chi connectivity index (χ1) is 7.18. The molecule has 3 rings (SSSR count). The summed E-state index contributed by atoms with van der Waals surface area (Å²) in [5, 5.41) is 0. The predicted molar refractivity (Wildman–Crippen MR) is 58.2 cm³/mol. The predicted octanol–water partition coefficient (Wildman–Crippen LogP) is 1.54. The van der Waals surface area contributed by atoms with E-state index in [-0.39, 0.29) is 5.54 Å². The molecule has 1 aliphatic rings. The van der Waals surface area contributed by atoms with Crippen molar-refractivity contribution in [2.24, 2.45) is 11.7 Å². The van der Waals surface area contributed by atoms with Gasteiger partial charge in [0.2, 0.25) is 0 Å². The average Bonchev–Trinajstić information content (AvgIpc) is 2.97. The van der Waals surface area contributed by atoms with Crippen molar-refractivity contribution in [3.63, 3.8) is 0 Å². The molecule has 1 atom stereocenters. The fourth-order valence-electron chi connectivity index (χ4n) is 1.99. The number of hydrogen-bond acceptors (Lipinski definition) is 3. The van der Waals surface area contributed by atoms with Crippen molar-refractivity contribution in [2.45, 2.75) is 25.3 Å². The molecule has 1 fully saturated rings. The van der Waals surface area contributed by atoms with E-state index in [2.05, 4.69) is 21.9 Å². The van der Waals surface area contributed by atoms with E-state index in [1.54, 1.807) is 12.4 Å². The Morgan fingerprint density at radius 3 is 3.00 bits per heavy atom. The third-order valence-electron chi connectivity index (χ3n) is 3.22. The molecule has 0 aliphatic heterocycles. The Morgan fingerprint density at radius 2 is 2.33 bits per heavy atom. The molecule has 1 aliphatic carbocycles. The van der Waals surface area contributed by atoms with Crippen LogP contribution in [0.15, 0.2) is 18.5 Å². The van der Waals surface area contributed by atoms with E-state index >= 15 is 0 Å². The maximum Gasteiger partial charge on any atom is 0.127 e. The van der Waals surface area contributed by atoms with Crippen LogP contribution in [0.1, 0.15) is 25.6 Å². The van der Waals surface area contributed by atoms with Gasteiger partial charge in [0.1, 0.15) is 5.82 Å². The van der Waals surface area contributed by atoms with E-state index in [9.17, 15) is 0 Å². The Kier molecular flexibility index (Phi) is 1.65. The molecule has 4 nitrogen and oxygen atoms in total. The van der Waals surface area contributed by atoms with Crippen molar-refractivity contribution in [2.75, 3.05) is 0 Å². The fraction of sp³-hybridized carbons (Fsp3) is 0.455. The van der Waals surface area contributed by atoms with Crippen LogP contribution in [-0.4, -0.2) is 15.0 Å². The van der Waals surface area contributed by atoms with Gasteiger partial charge in [-0.25, -0.2) is 4.98 Å². The van der Waals surface area contributed by atoms with E-state index in [4.69, 9.17) is 5.73 Å². The van der Waals surface area contributed by atoms with Gasteiger partial charge in [-0.2, -0.15) is 0 Å². The summed E-state index contributed by atoms with van der Waals surface area (Å²) in [4.78, 5) is 11.8. The van der Waals surface area contributed by atoms with Crippen LogP contribution in [-0.2, 0) is 5.54 Å². The number of imidazole rings is 1. The van der Waals surface area contributed by atoms with Crippen molar-refractivity contribution in [3.05, 3.63) is 24.3 Å². The average molecular weight is 202 g/mol. The van der Waals surface area contributed by atoms with E-state index < -0.39 is 0 Å². The zero-order chi connectivity index (χ0) is 10.5. The number of pyridine rings is 1. The van der Waals surface area contributed by atoms with Crippen molar-refractivity contribution in [3.8, 4) is 0 Å². The second kappa shape index (κ2) is 2.79. The molecule has 0 radical (unpaired) electrons. The third-order valence-corrected chi connectivity index (χ3v) is 3.22. The molecule has 15 heavy (non-hydrogen) atoms. The van der Waals surface area contributed by atoms with Gasteiger partial charge < -0.3 is 10.7 Å². The highest BCUT2D eigenvalue weighted by atomic mass is 15.0. The molecule has 2 aromatic heterocycles. The summed E-state index contributed by atoms with van der Waals surface area (Å²) in [6.07, 6.45) is 5.96. The van der Waals surface area contributed by atoms with Crippen molar-refractivity contribution >= 4 is 11.0 Å². The molecule has 0 amide bonds. The van der Waals surface area contributed by atoms with Crippen LogP contribution in [0.2, 0.25) is 0 Å². The van der Waals surface area contributed by atoms with Crippen LogP contribution >= 0.6 is 0 Å². The van der Waals surface area contributed by atoms with Crippen molar-refractivity contribution in [1.82, 2.24) is 15.0 Å². The molecule has 78 valence electrons. The van der Waals surface area contributed by atoms with Gasteiger partial charge in [0.05, 0.1) is 22.8 Å². The standard InChI is InChI=1S/C11H14N4/c1-11(12,7-2-3-7)10-14-8-4-5-13-6-9(8)15-10/h4-7H,2-3,12H2,1H3,(H,14,15). The molecule has 3 N–H and O–H groups in total. The number of nitrogens with one attached hydrogen (secondary N) is 1. The Hall–Kier alpha value is -1.42. The lowest BCUT2D eigenvalue weighted by atomic mass is 9.97. The summed E-state index contributed by atoms with van der Waals surface area (Å²) >= 11 is 0. The van der Waals surface area contributed by atoms with Gasteiger partial charge in [-0.3, -0.25) is 4.98 Å². The molecule has 1 saturated carbocycles. The van der Waals surface area contributed by atoms with Crippen LogP contribution in [0, 0.1) is 5.92 Å². The Bertz CT molecular complexity index is 463. The highest BCUT2D eigenvalue weighted by Gasteiger charge is 2.41. The van der Waals surface area contributed by atoms with Crippen LogP contribution in [0.4, 0.5) is 0 Å². The normalized spacial score (nSPS) is 20.4. The highest BCUT2D eigenvalue weighted by Crippen LogP contribution is 2.43. The summed E-state index contributed by atoms with van der Waals surface area (Å²) in [7, 11) is 0. The number of H-pyrrole nitrogens is 1. The second-order valence-electron chi connectivity index (χ2n) is 4.54. The van der Waals surface area contributed by atoms with Gasteiger partial charge in [0.25, 0.3) is 0 Å². The van der Waals surface area contributed by atoms with Gasteiger partial charge in [-0.05, 0) is 31.7 Å². The minimum absolute atomic E-state index is 0.320. The van der Waals surface area contributed by atoms with Crippen LogP contribution in [0.3, 0.4) is 0 Å². The van der Waals surface area contributed by atoms with Crippen LogP contribution in [0.5, 0.6) is 0 Å². The Balaban J connectivity index is 2.11. The SMILES string of the molecule is CC(N)(c1nc2ccncc2[nH]1)C1CC1. The molecule has 0 aromatic carbocycles. The molecule has 0 bridgehead atoms. The minimum atomic E-state index is -0.320. The number of fused-ring (bicyclic) bond motifs is 1. The lowest BCUT2D eigenvalue weighted by Crippen LogP contribution is -2.36. The third kappa shape index (κ3) is 1.33. The smallest absolute Gasteiger partial charge is 0.127 e. The van der Waals surface area contributed by atoms with Crippen LogP contribution in [0.25, 0.3) is 11.0 Å². The molecular weight excluding hydrogens is 188 g/mol. The van der Waals surface area contributed by atoms with Gasteiger partial charge in [0, 0.05) is 6.20 Å². The molecule has 2 heterocycles. The quantitative estimate of drug-likeness (QED) is 0.776. The highest BCUT2D eigenvalue weighted by molar-refractivity contribution is 5.73. The minimum Gasteiger partial charge on any atom is -0.339 e. The largest absolute Gasteiger partial charge is 0.339 e. The first kappa shape index (κ1) is 8.85. The Labute approximate surface area is 87.9 Å². The van der Waals surface area contributed by atoms with Gasteiger partial charge in [0.15, 0.2) is 0 Å². The molecule has 1 unspecified atom stereocenters. The summed E-state index contributed by atoms with van der Waals surface area (Å²) in [6.45, 7) is 2.05. The van der Waals surface area contributed by atoms with E-state index in [0.717, 1.165) is 16.9 Å². The summed E-state index contributed by atoms with van der Waals surface area (Å²) in [5.74, 6) is 1.46. The van der Waals surface area contributed by atoms with Crippen LogP contribution < -0.4 is 5.73 Å². The number of rotatable bonds is 2. The van der Waals surface area contributed by atoms with Crippen molar-refractivity contribution in [1.29, 1.82) is 0 Å². The van der Waals surface area contributed by atoms with Gasteiger partial charge >= 0.3 is 0 Å². The van der Waals surface area contributed by atoms with Gasteiger partial charge in [-0.15, -0.1) is 0 Å². The lowest BCUT2D eigenvalue weighted by molar-refractivity contribution is 0.405. The summed E-state index contributed by atoms with van der Waals surface area (Å²) in [6, 6.07) is 1.90. The topological polar surface area (TPSA) is 67.6 Å². The number of aromatic amines is 1. The van der Waals surface area contributed by atoms with E-state index in [0.29, 0.717) is 5.92 Å². The number of aromatic nitrogens is 3. The number of nitrogens with zero attached hydrogens (tertiary/aromatic N) is 2. The fourth-order valence-corrected chi connectivity index (χ4v) is 1.99. The molecule has 2 aromatic rings. The lowest BCUT2D eigenvalue weighted by Gasteiger charge is -2.21. The zero-order valence-corrected chi connectivity index (χ0v) is 8.70. The maximum absolute atomic E-state index is 6.29. The summed E-state index contributed by atoms with van der Waals surface area (Å²) in [5.41, 5.74) is 7.88. The summed E-state index contributed by atoms with van der Waals surface area (Å²) < 4.78 is 0. The monoisotopic (exact) mass is 202 g/mol. The second-order valence-corrected chi connectivity index (χ2v) is 4.54. The van der Waals surface area contributed by atoms with Gasteiger partial charge in [-0.1, -0.05) is 0 Å². The first-order valence-corrected chi connectivity index (χ1v) is 5.27. The Morgan fingerprint density at radius 1 is 1.53 bits per heavy atom.